The largest absolute Gasteiger partial charge is 0.508 e. The van der Waals surface area contributed by atoms with Crippen molar-refractivity contribution in [3.05, 3.63) is 47.8 Å². The average Bonchev–Trinajstić information content (AvgIpc) is 2.84. The maximum absolute atomic E-state index is 11.9. The topological polar surface area (TPSA) is 75.4 Å². The van der Waals surface area contributed by atoms with E-state index in [1.165, 1.54) is 18.2 Å². The minimum atomic E-state index is -0.344. The predicted octanol–water partition coefficient (Wildman–Crippen LogP) is 2.21. The van der Waals surface area contributed by atoms with Gasteiger partial charge in [-0.3, -0.25) is 9.48 Å². The third-order valence-corrected chi connectivity index (χ3v) is 2.64. The van der Waals surface area contributed by atoms with Gasteiger partial charge in [-0.15, -0.1) is 0 Å². The Bertz CT molecular complexity index is 629. The molecule has 0 radical (unpaired) electrons. The number of carbonyl (C=O) groups is 1. The number of aryl methyl sites for hydroxylation is 1. The number of ketones is 1. The van der Waals surface area contributed by atoms with Crippen molar-refractivity contribution in [2.45, 2.75) is 13.5 Å². The van der Waals surface area contributed by atoms with Crippen LogP contribution >= 0.6 is 0 Å². The number of aromatic hydroxyl groups is 2. The van der Waals surface area contributed by atoms with E-state index in [1.54, 1.807) is 16.8 Å². The number of phenols is 2. The van der Waals surface area contributed by atoms with E-state index in [0.29, 0.717) is 5.69 Å². The van der Waals surface area contributed by atoms with Crippen LogP contribution in [-0.2, 0) is 6.54 Å². The molecule has 0 aliphatic heterocycles. The van der Waals surface area contributed by atoms with Crippen LogP contribution < -0.4 is 0 Å². The van der Waals surface area contributed by atoms with Gasteiger partial charge >= 0.3 is 0 Å². The SMILES string of the molecule is CCn1ccc(/C=C/C(=O)c2ccc(O)cc2O)n1. The number of carbonyl (C=O) groups excluding carboxylic acids is 1. The van der Waals surface area contributed by atoms with Crippen molar-refractivity contribution in [1.82, 2.24) is 9.78 Å². The minimum absolute atomic E-state index is 0.0836. The van der Waals surface area contributed by atoms with Gasteiger partial charge in [-0.2, -0.15) is 5.10 Å². The van der Waals surface area contributed by atoms with Crippen LogP contribution in [0.1, 0.15) is 23.0 Å². The van der Waals surface area contributed by atoms with Gasteiger partial charge in [0.1, 0.15) is 11.5 Å². The Hall–Kier alpha value is -2.56. The highest BCUT2D eigenvalue weighted by Gasteiger charge is 2.08. The summed E-state index contributed by atoms with van der Waals surface area (Å²) in [4.78, 5) is 11.9. The Morgan fingerprint density at radius 3 is 2.79 bits per heavy atom. The Kier molecular flexibility index (Phi) is 3.66. The van der Waals surface area contributed by atoms with Gasteiger partial charge in [-0.05, 0) is 37.3 Å². The van der Waals surface area contributed by atoms with Gasteiger partial charge in [0.2, 0.25) is 0 Å². The van der Waals surface area contributed by atoms with Crippen molar-refractivity contribution in [2.24, 2.45) is 0 Å². The first kappa shape index (κ1) is 12.9. The van der Waals surface area contributed by atoms with Crippen LogP contribution in [0.15, 0.2) is 36.5 Å². The summed E-state index contributed by atoms with van der Waals surface area (Å²) in [7, 11) is 0. The number of rotatable bonds is 4. The third-order valence-electron chi connectivity index (χ3n) is 2.64. The highest BCUT2D eigenvalue weighted by atomic mass is 16.3. The molecule has 0 amide bonds. The van der Waals surface area contributed by atoms with Crippen molar-refractivity contribution < 1.29 is 15.0 Å². The van der Waals surface area contributed by atoms with E-state index in [9.17, 15) is 9.90 Å². The lowest BCUT2D eigenvalue weighted by atomic mass is 10.1. The number of hydrogen-bond acceptors (Lipinski definition) is 4. The maximum Gasteiger partial charge on any atom is 0.189 e. The Labute approximate surface area is 110 Å². The Morgan fingerprint density at radius 2 is 2.16 bits per heavy atom. The normalized spacial score (nSPS) is 11.0. The van der Waals surface area contributed by atoms with Gasteiger partial charge in [0.25, 0.3) is 0 Å². The van der Waals surface area contributed by atoms with Crippen LogP contribution in [-0.4, -0.2) is 25.8 Å². The van der Waals surface area contributed by atoms with Crippen molar-refractivity contribution in [3.8, 4) is 11.5 Å². The molecule has 0 atom stereocenters. The lowest BCUT2D eigenvalue weighted by Gasteiger charge is -2.00. The van der Waals surface area contributed by atoms with Gasteiger partial charge in [0.15, 0.2) is 5.78 Å². The zero-order chi connectivity index (χ0) is 13.8. The molecule has 2 N–H and O–H groups in total. The zero-order valence-corrected chi connectivity index (χ0v) is 10.4. The first-order chi connectivity index (χ1) is 9.10. The fraction of sp³-hybridized carbons (Fsp3) is 0.143. The van der Waals surface area contributed by atoms with Crippen LogP contribution in [0.25, 0.3) is 6.08 Å². The van der Waals surface area contributed by atoms with E-state index in [-0.39, 0.29) is 22.8 Å². The minimum Gasteiger partial charge on any atom is -0.508 e. The molecule has 2 aromatic rings. The summed E-state index contributed by atoms with van der Waals surface area (Å²) in [5.74, 6) is -0.669. The smallest absolute Gasteiger partial charge is 0.189 e. The molecule has 98 valence electrons. The first-order valence-electron chi connectivity index (χ1n) is 5.88. The van der Waals surface area contributed by atoms with E-state index >= 15 is 0 Å². The Balaban J connectivity index is 2.16. The highest BCUT2D eigenvalue weighted by Crippen LogP contribution is 2.23. The van der Waals surface area contributed by atoms with Crippen molar-refractivity contribution in [2.75, 3.05) is 0 Å². The van der Waals surface area contributed by atoms with Crippen LogP contribution in [0.2, 0.25) is 0 Å². The van der Waals surface area contributed by atoms with Crippen molar-refractivity contribution in [1.29, 1.82) is 0 Å². The molecule has 0 bridgehead atoms. The van der Waals surface area contributed by atoms with Gasteiger partial charge in [-0.1, -0.05) is 0 Å². The second-order valence-electron chi connectivity index (χ2n) is 4.00. The summed E-state index contributed by atoms with van der Waals surface area (Å²) in [5.41, 5.74) is 0.817. The molecule has 0 fully saturated rings. The lowest BCUT2D eigenvalue weighted by molar-refractivity contribution is 0.104. The number of aromatic nitrogens is 2. The van der Waals surface area contributed by atoms with E-state index in [1.807, 2.05) is 13.1 Å². The average molecular weight is 258 g/mol. The molecular weight excluding hydrogens is 244 g/mol. The van der Waals surface area contributed by atoms with Gasteiger partial charge in [0.05, 0.1) is 11.3 Å². The summed E-state index contributed by atoms with van der Waals surface area (Å²) in [6.07, 6.45) is 4.75. The van der Waals surface area contributed by atoms with Gasteiger partial charge < -0.3 is 10.2 Å². The monoisotopic (exact) mass is 258 g/mol. The number of benzene rings is 1. The molecule has 1 heterocycles. The second-order valence-corrected chi connectivity index (χ2v) is 4.00. The third kappa shape index (κ3) is 3.01. The van der Waals surface area contributed by atoms with Crippen LogP contribution in [0, 0.1) is 0 Å². The van der Waals surface area contributed by atoms with E-state index in [2.05, 4.69) is 5.10 Å². The zero-order valence-electron chi connectivity index (χ0n) is 10.4. The van der Waals surface area contributed by atoms with E-state index in [4.69, 9.17) is 5.11 Å². The molecular formula is C14H14N2O3. The molecule has 2 rings (SSSR count). The maximum atomic E-state index is 11.9. The molecule has 0 aliphatic rings. The molecule has 0 aliphatic carbocycles. The number of phenolic OH excluding ortho intramolecular Hbond substituents is 2. The predicted molar refractivity (Wildman–Crippen MR) is 71.0 cm³/mol. The Morgan fingerprint density at radius 1 is 1.37 bits per heavy atom. The quantitative estimate of drug-likeness (QED) is 0.651. The van der Waals surface area contributed by atoms with Crippen LogP contribution in [0.3, 0.4) is 0 Å². The summed E-state index contributed by atoms with van der Waals surface area (Å²) in [6, 6.07) is 5.66. The first-order valence-corrected chi connectivity index (χ1v) is 5.88. The van der Waals surface area contributed by atoms with Crippen molar-refractivity contribution in [3.63, 3.8) is 0 Å². The highest BCUT2D eigenvalue weighted by molar-refractivity contribution is 6.08. The molecule has 0 unspecified atom stereocenters. The van der Waals surface area contributed by atoms with Gasteiger partial charge in [0, 0.05) is 18.8 Å². The molecule has 0 saturated carbocycles. The summed E-state index contributed by atoms with van der Waals surface area (Å²) >= 11 is 0. The van der Waals surface area contributed by atoms with E-state index < -0.39 is 0 Å². The molecule has 19 heavy (non-hydrogen) atoms. The summed E-state index contributed by atoms with van der Waals surface area (Å²) < 4.78 is 1.75. The van der Waals surface area contributed by atoms with Gasteiger partial charge in [-0.25, -0.2) is 0 Å². The number of nitrogens with zero attached hydrogens (tertiary/aromatic N) is 2. The number of hydrogen-bond donors (Lipinski definition) is 2. The standard InChI is InChI=1S/C14H14N2O3/c1-2-16-8-7-10(15-16)3-6-13(18)12-5-4-11(17)9-14(12)19/h3-9,17,19H,2H2,1H3/b6-3+. The lowest BCUT2D eigenvalue weighted by Crippen LogP contribution is -1.95. The molecule has 1 aromatic carbocycles. The van der Waals surface area contributed by atoms with Crippen LogP contribution in [0.4, 0.5) is 0 Å². The molecule has 5 nitrogen and oxygen atoms in total. The molecule has 0 spiro atoms. The molecule has 5 heteroatoms. The van der Waals surface area contributed by atoms with E-state index in [0.717, 1.165) is 12.6 Å². The molecule has 0 saturated heterocycles. The fourth-order valence-corrected chi connectivity index (χ4v) is 1.62. The van der Waals surface area contributed by atoms with Crippen LogP contribution in [0.5, 0.6) is 11.5 Å². The molecule has 1 aromatic heterocycles. The second kappa shape index (κ2) is 5.39. The summed E-state index contributed by atoms with van der Waals surface area (Å²) in [6.45, 7) is 2.74. The fourth-order valence-electron chi connectivity index (χ4n) is 1.62. The number of allylic oxidation sites excluding steroid dienone is 1. The summed E-state index contributed by atoms with van der Waals surface area (Å²) in [5, 5.41) is 22.9. The van der Waals surface area contributed by atoms with Crippen molar-refractivity contribution >= 4 is 11.9 Å².